The Labute approximate surface area is 99.0 Å². The van der Waals surface area contributed by atoms with Crippen LogP contribution in [0.15, 0.2) is 18.2 Å². The topological polar surface area (TPSA) is 26.0 Å². The molecule has 0 spiro atoms. The van der Waals surface area contributed by atoms with Gasteiger partial charge in [0.1, 0.15) is 0 Å². The van der Waals surface area contributed by atoms with Crippen LogP contribution in [0.2, 0.25) is 0 Å². The van der Waals surface area contributed by atoms with Gasteiger partial charge in [0.15, 0.2) is 0 Å². The van der Waals surface area contributed by atoms with Crippen LogP contribution >= 0.6 is 0 Å². The molecule has 0 amide bonds. The van der Waals surface area contributed by atoms with Crippen LogP contribution in [-0.4, -0.2) is 6.54 Å². The molecule has 16 heavy (non-hydrogen) atoms. The predicted molar refractivity (Wildman–Crippen MR) is 69.7 cm³/mol. The van der Waals surface area contributed by atoms with Gasteiger partial charge in [0.25, 0.3) is 0 Å². The summed E-state index contributed by atoms with van der Waals surface area (Å²) in [4.78, 5) is 0. The Bertz CT molecular complexity index is 379. The second kappa shape index (κ2) is 4.21. The highest BCUT2D eigenvalue weighted by molar-refractivity contribution is 5.37. The zero-order valence-corrected chi connectivity index (χ0v) is 10.7. The standard InChI is InChI=1S/C15H23N/c1-11-4-5-12-9-15(2,3)10-13(6-7-16)14(12)8-11/h4-5,8,13H,6-7,9-10,16H2,1-3H3. The highest BCUT2D eigenvalue weighted by Crippen LogP contribution is 2.43. The second-order valence-electron chi connectivity index (χ2n) is 6.02. The van der Waals surface area contributed by atoms with Gasteiger partial charge < -0.3 is 5.73 Å². The van der Waals surface area contributed by atoms with Gasteiger partial charge in [0.2, 0.25) is 0 Å². The smallest absolute Gasteiger partial charge is 0.00714 e. The summed E-state index contributed by atoms with van der Waals surface area (Å²) in [5.41, 5.74) is 10.7. The first-order valence-corrected chi connectivity index (χ1v) is 6.31. The Morgan fingerprint density at radius 2 is 2.12 bits per heavy atom. The first-order chi connectivity index (χ1) is 7.52. The number of hydrogen-bond acceptors (Lipinski definition) is 1. The van der Waals surface area contributed by atoms with Crippen molar-refractivity contribution in [3.63, 3.8) is 0 Å². The Morgan fingerprint density at radius 1 is 1.38 bits per heavy atom. The molecule has 0 aromatic heterocycles. The summed E-state index contributed by atoms with van der Waals surface area (Å²) in [5.74, 6) is 0.670. The zero-order valence-electron chi connectivity index (χ0n) is 10.7. The lowest BCUT2D eigenvalue weighted by atomic mass is 9.68. The van der Waals surface area contributed by atoms with E-state index in [2.05, 4.69) is 39.0 Å². The molecule has 0 saturated heterocycles. The highest BCUT2D eigenvalue weighted by atomic mass is 14.5. The maximum atomic E-state index is 5.74. The van der Waals surface area contributed by atoms with Gasteiger partial charge >= 0.3 is 0 Å². The first kappa shape index (κ1) is 11.7. The Balaban J connectivity index is 2.39. The molecule has 1 atom stereocenters. The van der Waals surface area contributed by atoms with Crippen LogP contribution in [0.3, 0.4) is 0 Å². The van der Waals surface area contributed by atoms with Crippen molar-refractivity contribution in [3.05, 3.63) is 34.9 Å². The average molecular weight is 217 g/mol. The lowest BCUT2D eigenvalue weighted by molar-refractivity contribution is 0.275. The molecule has 1 heteroatoms. The minimum atomic E-state index is 0.433. The van der Waals surface area contributed by atoms with E-state index in [-0.39, 0.29) is 0 Å². The summed E-state index contributed by atoms with van der Waals surface area (Å²) in [6.07, 6.45) is 3.62. The maximum Gasteiger partial charge on any atom is -0.00714 e. The third kappa shape index (κ3) is 2.30. The van der Waals surface area contributed by atoms with Crippen molar-refractivity contribution in [2.45, 2.75) is 46.0 Å². The van der Waals surface area contributed by atoms with Crippen molar-refractivity contribution >= 4 is 0 Å². The molecule has 0 radical (unpaired) electrons. The van der Waals surface area contributed by atoms with E-state index in [9.17, 15) is 0 Å². The highest BCUT2D eigenvalue weighted by Gasteiger charge is 2.31. The molecular weight excluding hydrogens is 194 g/mol. The third-order valence-electron chi connectivity index (χ3n) is 3.72. The van der Waals surface area contributed by atoms with Crippen molar-refractivity contribution in [3.8, 4) is 0 Å². The quantitative estimate of drug-likeness (QED) is 0.807. The minimum absolute atomic E-state index is 0.433. The summed E-state index contributed by atoms with van der Waals surface area (Å²) < 4.78 is 0. The van der Waals surface area contributed by atoms with Crippen LogP contribution in [0.5, 0.6) is 0 Å². The van der Waals surface area contributed by atoms with Gasteiger partial charge in [-0.05, 0) is 55.2 Å². The van der Waals surface area contributed by atoms with E-state index in [0.717, 1.165) is 13.0 Å². The van der Waals surface area contributed by atoms with Crippen LogP contribution in [0.1, 0.15) is 49.3 Å². The van der Waals surface area contributed by atoms with E-state index in [1.165, 1.54) is 18.4 Å². The number of hydrogen-bond donors (Lipinski definition) is 1. The van der Waals surface area contributed by atoms with Gasteiger partial charge in [-0.25, -0.2) is 0 Å². The number of fused-ring (bicyclic) bond motifs is 1. The van der Waals surface area contributed by atoms with Gasteiger partial charge in [-0.3, -0.25) is 0 Å². The predicted octanol–water partition coefficient (Wildman–Crippen LogP) is 3.40. The van der Waals surface area contributed by atoms with Crippen molar-refractivity contribution in [2.24, 2.45) is 11.1 Å². The lowest BCUT2D eigenvalue weighted by Gasteiger charge is -2.37. The van der Waals surface area contributed by atoms with Crippen LogP contribution in [-0.2, 0) is 6.42 Å². The molecule has 0 aliphatic heterocycles. The number of rotatable bonds is 2. The van der Waals surface area contributed by atoms with Gasteiger partial charge in [-0.2, -0.15) is 0 Å². The van der Waals surface area contributed by atoms with Crippen molar-refractivity contribution < 1.29 is 0 Å². The van der Waals surface area contributed by atoms with Gasteiger partial charge in [0, 0.05) is 0 Å². The molecule has 1 aliphatic carbocycles. The molecule has 1 aromatic carbocycles. The normalized spacial score (nSPS) is 22.9. The summed E-state index contributed by atoms with van der Waals surface area (Å²) >= 11 is 0. The molecule has 0 heterocycles. The van der Waals surface area contributed by atoms with E-state index >= 15 is 0 Å². The first-order valence-electron chi connectivity index (χ1n) is 6.31. The lowest BCUT2D eigenvalue weighted by Crippen LogP contribution is -2.27. The van der Waals surface area contributed by atoms with Crippen molar-refractivity contribution in [1.29, 1.82) is 0 Å². The van der Waals surface area contributed by atoms with E-state index in [0.29, 0.717) is 11.3 Å². The fourth-order valence-electron chi connectivity index (χ4n) is 3.08. The van der Waals surface area contributed by atoms with Crippen LogP contribution < -0.4 is 5.73 Å². The second-order valence-corrected chi connectivity index (χ2v) is 6.02. The molecule has 1 aromatic rings. The third-order valence-corrected chi connectivity index (χ3v) is 3.72. The number of benzene rings is 1. The molecule has 1 nitrogen and oxygen atoms in total. The van der Waals surface area contributed by atoms with E-state index in [1.54, 1.807) is 11.1 Å². The molecule has 0 saturated carbocycles. The molecule has 1 aliphatic rings. The molecule has 2 N–H and O–H groups in total. The van der Waals surface area contributed by atoms with Crippen molar-refractivity contribution in [2.75, 3.05) is 6.54 Å². The average Bonchev–Trinajstić information content (AvgIpc) is 2.18. The molecule has 0 fully saturated rings. The Hall–Kier alpha value is -0.820. The fourth-order valence-corrected chi connectivity index (χ4v) is 3.08. The summed E-state index contributed by atoms with van der Waals surface area (Å²) in [7, 11) is 0. The molecular formula is C15H23N. The molecule has 88 valence electrons. The molecule has 0 bridgehead atoms. The monoisotopic (exact) mass is 217 g/mol. The van der Waals surface area contributed by atoms with Gasteiger partial charge in [-0.15, -0.1) is 0 Å². The zero-order chi connectivity index (χ0) is 11.8. The van der Waals surface area contributed by atoms with E-state index in [1.807, 2.05) is 0 Å². The SMILES string of the molecule is Cc1ccc2c(c1)C(CCN)CC(C)(C)C2. The minimum Gasteiger partial charge on any atom is -0.330 e. The maximum absolute atomic E-state index is 5.74. The van der Waals surface area contributed by atoms with E-state index < -0.39 is 0 Å². The summed E-state index contributed by atoms with van der Waals surface area (Å²) in [6.45, 7) is 7.73. The molecule has 2 rings (SSSR count). The Kier molecular flexibility index (Phi) is 3.07. The van der Waals surface area contributed by atoms with Gasteiger partial charge in [0.05, 0.1) is 0 Å². The van der Waals surface area contributed by atoms with Crippen molar-refractivity contribution in [1.82, 2.24) is 0 Å². The van der Waals surface area contributed by atoms with Crippen LogP contribution in [0.4, 0.5) is 0 Å². The van der Waals surface area contributed by atoms with Crippen LogP contribution in [0.25, 0.3) is 0 Å². The summed E-state index contributed by atoms with van der Waals surface area (Å²) in [6, 6.07) is 6.92. The molecule has 1 unspecified atom stereocenters. The van der Waals surface area contributed by atoms with Gasteiger partial charge in [-0.1, -0.05) is 37.6 Å². The van der Waals surface area contributed by atoms with Crippen LogP contribution in [0, 0.1) is 12.3 Å². The summed E-state index contributed by atoms with van der Waals surface area (Å²) in [5, 5.41) is 0. The largest absolute Gasteiger partial charge is 0.330 e. The number of aryl methyl sites for hydroxylation is 1. The Morgan fingerprint density at radius 3 is 2.81 bits per heavy atom. The van der Waals surface area contributed by atoms with E-state index in [4.69, 9.17) is 5.73 Å². The fraction of sp³-hybridized carbons (Fsp3) is 0.600. The number of nitrogens with two attached hydrogens (primary N) is 1.